The maximum Gasteiger partial charge on any atom is 0.296 e. The largest absolute Gasteiger partial charge is 0.503 e. The molecular weight excluding hydrogens is 584 g/mol. The number of carbonyl (C=O) groups is 2. The van der Waals surface area contributed by atoms with E-state index in [-0.39, 0.29) is 11.3 Å². The van der Waals surface area contributed by atoms with Gasteiger partial charge < -0.3 is 28.5 Å². The lowest BCUT2D eigenvalue weighted by molar-refractivity contribution is -0.117. The quantitative estimate of drug-likeness (QED) is 0.156. The average Bonchev–Trinajstić information content (AvgIpc) is 3.73. The van der Waals surface area contributed by atoms with Gasteiger partial charge in [0.05, 0.1) is 49.3 Å². The second-order valence-electron chi connectivity index (χ2n) is 9.98. The Morgan fingerprint density at radius 1 is 1.00 bits per heavy atom. The maximum absolute atomic E-state index is 14.2. The minimum absolute atomic E-state index is 0.0485. The summed E-state index contributed by atoms with van der Waals surface area (Å²) >= 11 is 1.24. The Kier molecular flexibility index (Phi) is 7.88. The number of Topliss-reactive ketones (excluding diaryl/α,β-unsaturated/α-hetero) is 1. The van der Waals surface area contributed by atoms with Crippen molar-refractivity contribution in [3.63, 3.8) is 0 Å². The van der Waals surface area contributed by atoms with Gasteiger partial charge in [-0.15, -0.1) is 0 Å². The molecule has 6 rings (SSSR count). The fourth-order valence-corrected chi connectivity index (χ4v) is 6.23. The zero-order valence-corrected chi connectivity index (χ0v) is 25.4. The zero-order chi connectivity index (χ0) is 31.0. The molecule has 226 valence electrons. The number of rotatable bonds is 11. The van der Waals surface area contributed by atoms with E-state index in [1.54, 1.807) is 61.7 Å². The molecule has 1 N–H and O–H groups in total. The van der Waals surface area contributed by atoms with Crippen LogP contribution in [0.25, 0.3) is 21.2 Å². The van der Waals surface area contributed by atoms with E-state index in [1.807, 2.05) is 19.9 Å². The van der Waals surface area contributed by atoms with Gasteiger partial charge in [-0.25, -0.2) is 4.98 Å². The van der Waals surface area contributed by atoms with E-state index in [9.17, 15) is 14.7 Å². The number of ether oxygens (including phenoxy) is 4. The van der Waals surface area contributed by atoms with Crippen LogP contribution in [-0.4, -0.2) is 49.2 Å². The minimum Gasteiger partial charge on any atom is -0.503 e. The summed E-state index contributed by atoms with van der Waals surface area (Å²) in [6.07, 6.45) is 0.804. The minimum atomic E-state index is -1.05. The van der Waals surface area contributed by atoms with Crippen LogP contribution in [0.2, 0.25) is 0 Å². The van der Waals surface area contributed by atoms with E-state index < -0.39 is 23.5 Å². The first-order valence-corrected chi connectivity index (χ1v) is 14.9. The van der Waals surface area contributed by atoms with Gasteiger partial charge in [0.1, 0.15) is 5.75 Å². The smallest absolute Gasteiger partial charge is 0.296 e. The van der Waals surface area contributed by atoms with Crippen LogP contribution >= 0.6 is 11.3 Å². The number of aromatic nitrogens is 1. The molecule has 0 bridgehead atoms. The zero-order valence-electron chi connectivity index (χ0n) is 24.6. The first kappa shape index (κ1) is 29.1. The highest BCUT2D eigenvalue weighted by Gasteiger charge is 2.47. The van der Waals surface area contributed by atoms with Crippen molar-refractivity contribution in [2.45, 2.75) is 26.3 Å². The number of methoxy groups -OCH3 is 2. The molecular formula is C33H30N2O8S. The van der Waals surface area contributed by atoms with Crippen LogP contribution in [0.4, 0.5) is 5.13 Å². The van der Waals surface area contributed by atoms with E-state index in [2.05, 4.69) is 0 Å². The Labute approximate surface area is 257 Å². The molecule has 1 aliphatic heterocycles. The summed E-state index contributed by atoms with van der Waals surface area (Å²) in [5.41, 5.74) is 1.39. The predicted molar refractivity (Wildman–Crippen MR) is 167 cm³/mol. The lowest BCUT2D eigenvalue weighted by atomic mass is 9.95. The third kappa shape index (κ3) is 4.98. The number of fused-ring (bicyclic) bond motifs is 2. The van der Waals surface area contributed by atoms with Crippen molar-refractivity contribution in [1.29, 1.82) is 0 Å². The van der Waals surface area contributed by atoms with E-state index >= 15 is 0 Å². The monoisotopic (exact) mass is 614 g/mol. The van der Waals surface area contributed by atoms with E-state index in [0.717, 1.165) is 11.1 Å². The molecule has 0 spiro atoms. The van der Waals surface area contributed by atoms with Crippen molar-refractivity contribution >= 4 is 49.3 Å². The van der Waals surface area contributed by atoms with E-state index in [0.29, 0.717) is 63.4 Å². The summed E-state index contributed by atoms with van der Waals surface area (Å²) < 4.78 is 29.3. The van der Waals surface area contributed by atoms with Crippen LogP contribution in [0.1, 0.15) is 42.4 Å². The number of nitrogens with zero attached hydrogens (tertiary/aromatic N) is 2. The molecule has 0 saturated carbocycles. The number of hydrogen-bond acceptors (Lipinski definition) is 10. The number of ketones is 1. The number of anilines is 1. The Morgan fingerprint density at radius 3 is 2.59 bits per heavy atom. The van der Waals surface area contributed by atoms with Gasteiger partial charge in [0.15, 0.2) is 39.5 Å². The van der Waals surface area contributed by atoms with Gasteiger partial charge >= 0.3 is 0 Å². The van der Waals surface area contributed by atoms with Crippen molar-refractivity contribution in [3.8, 4) is 23.0 Å². The van der Waals surface area contributed by atoms with Gasteiger partial charge in [0.25, 0.3) is 5.91 Å². The average molecular weight is 615 g/mol. The lowest BCUT2D eigenvalue weighted by Crippen LogP contribution is -2.31. The normalized spacial score (nSPS) is 15.0. The van der Waals surface area contributed by atoms with Crippen molar-refractivity contribution in [2.75, 3.05) is 32.3 Å². The van der Waals surface area contributed by atoms with Crippen LogP contribution < -0.4 is 23.8 Å². The molecule has 3 heterocycles. The summed E-state index contributed by atoms with van der Waals surface area (Å²) in [6.45, 7) is 4.71. The Hall–Kier alpha value is -5.03. The van der Waals surface area contributed by atoms with Gasteiger partial charge in [-0.1, -0.05) is 36.5 Å². The third-order valence-corrected chi connectivity index (χ3v) is 8.26. The molecule has 1 unspecified atom stereocenters. The predicted octanol–water partition coefficient (Wildman–Crippen LogP) is 7.03. The van der Waals surface area contributed by atoms with Crippen LogP contribution in [0.3, 0.4) is 0 Å². The van der Waals surface area contributed by atoms with Gasteiger partial charge in [-0.05, 0) is 61.4 Å². The Bertz CT molecular complexity index is 1920. The fraction of sp³-hybridized carbons (Fsp3) is 0.242. The lowest BCUT2D eigenvalue weighted by Gasteiger charge is -2.25. The Balaban J connectivity index is 1.51. The number of hydrogen-bond donors (Lipinski definition) is 1. The third-order valence-electron chi connectivity index (χ3n) is 7.24. The summed E-state index contributed by atoms with van der Waals surface area (Å²) in [4.78, 5) is 34.0. The van der Waals surface area contributed by atoms with E-state index in [4.69, 9.17) is 28.3 Å². The second kappa shape index (κ2) is 11.9. The molecule has 44 heavy (non-hydrogen) atoms. The topological polar surface area (TPSA) is 121 Å². The molecule has 11 heteroatoms. The Morgan fingerprint density at radius 2 is 1.84 bits per heavy atom. The van der Waals surface area contributed by atoms with Gasteiger partial charge in [0.2, 0.25) is 5.78 Å². The number of aliphatic hydroxyl groups excluding tert-OH is 1. The summed E-state index contributed by atoms with van der Waals surface area (Å²) in [7, 11) is 3.08. The molecule has 0 saturated heterocycles. The number of aliphatic hydroxyl groups is 1. The molecule has 2 aromatic heterocycles. The molecule has 1 atom stereocenters. The van der Waals surface area contributed by atoms with Crippen LogP contribution in [0, 0.1) is 0 Å². The second-order valence-corrected chi connectivity index (χ2v) is 11.0. The van der Waals surface area contributed by atoms with Gasteiger partial charge in [-0.3, -0.25) is 14.5 Å². The number of benzene rings is 3. The van der Waals surface area contributed by atoms with Gasteiger partial charge in [-0.2, -0.15) is 0 Å². The van der Waals surface area contributed by atoms with Crippen molar-refractivity contribution in [3.05, 3.63) is 83.3 Å². The molecule has 10 nitrogen and oxygen atoms in total. The molecule has 3 aromatic carbocycles. The first-order valence-electron chi connectivity index (χ1n) is 14.1. The number of furan rings is 1. The number of para-hydroxylation sites is 1. The molecule has 5 aromatic rings. The maximum atomic E-state index is 14.2. The standard InChI is InChI=1S/C33H30N2O8S/c1-5-14-42-22-13-10-18(15-24(22)41-6-2)28-27(29(36)25-16-19-8-7-9-23(40-4)31(19)43-25)30(37)32(38)35(28)33-34-21-12-11-20(39-3)17-26(21)44-33/h7-13,15-17,28,37H,5-6,14H2,1-4H3. The fourth-order valence-electron chi connectivity index (χ4n) is 5.21. The van der Waals surface area contributed by atoms with Crippen LogP contribution in [0.5, 0.6) is 23.0 Å². The summed E-state index contributed by atoms with van der Waals surface area (Å²) in [5.74, 6) is -0.0675. The van der Waals surface area contributed by atoms with Crippen molar-refractivity contribution < 1.29 is 38.1 Å². The molecule has 0 radical (unpaired) electrons. The number of thiazole rings is 1. The first-order chi connectivity index (χ1) is 21.4. The number of carbonyl (C=O) groups excluding carboxylic acids is 2. The molecule has 0 fully saturated rings. The molecule has 0 aliphatic carbocycles. The highest BCUT2D eigenvalue weighted by atomic mass is 32.1. The van der Waals surface area contributed by atoms with Crippen LogP contribution in [0.15, 0.2) is 76.4 Å². The highest BCUT2D eigenvalue weighted by molar-refractivity contribution is 7.22. The van der Waals surface area contributed by atoms with Crippen molar-refractivity contribution in [1.82, 2.24) is 4.98 Å². The molecule has 1 amide bonds. The SMILES string of the molecule is CCCOc1ccc(C2C(C(=O)c3cc4cccc(OC)c4o3)=C(O)C(=O)N2c2nc3ccc(OC)cc3s2)cc1OCC. The number of amides is 1. The van der Waals surface area contributed by atoms with E-state index in [1.165, 1.54) is 23.3 Å². The summed E-state index contributed by atoms with van der Waals surface area (Å²) in [6, 6.07) is 16.4. The van der Waals surface area contributed by atoms with Crippen molar-refractivity contribution in [2.24, 2.45) is 0 Å². The summed E-state index contributed by atoms with van der Waals surface area (Å²) in [5, 5.41) is 12.3. The van der Waals surface area contributed by atoms with Crippen LogP contribution in [-0.2, 0) is 4.79 Å². The molecule has 1 aliphatic rings. The highest BCUT2D eigenvalue weighted by Crippen LogP contribution is 2.46. The van der Waals surface area contributed by atoms with Gasteiger partial charge in [0, 0.05) is 5.39 Å².